The van der Waals surface area contributed by atoms with Gasteiger partial charge in [-0.05, 0) is 32.2 Å². The Bertz CT molecular complexity index is 85.6. The minimum absolute atomic E-state index is 0.309. The van der Waals surface area contributed by atoms with Crippen molar-refractivity contribution in [2.75, 3.05) is 13.2 Å². The first kappa shape index (κ1) is 10.9. The van der Waals surface area contributed by atoms with Crippen LogP contribution in [-0.2, 0) is 0 Å². The molecule has 2 nitrogen and oxygen atoms in total. The molecule has 0 rings (SSSR count). The number of nitrogens with one attached hydrogen (secondary N) is 1. The number of aliphatic hydroxyl groups excluding tert-OH is 1. The van der Waals surface area contributed by atoms with Crippen molar-refractivity contribution in [3.8, 4) is 0 Å². The summed E-state index contributed by atoms with van der Waals surface area (Å²) in [6.07, 6.45) is 2.08. The molecule has 0 fully saturated rings. The maximum absolute atomic E-state index is 8.63. The smallest absolute Gasteiger partial charge is 0.0434 e. The predicted octanol–water partition coefficient (Wildman–Crippen LogP) is 1.39. The van der Waals surface area contributed by atoms with Crippen LogP contribution in [0.3, 0.4) is 0 Å². The van der Waals surface area contributed by atoms with E-state index in [0.717, 1.165) is 13.0 Å². The van der Waals surface area contributed by atoms with Crippen molar-refractivity contribution in [1.82, 2.24) is 5.32 Å². The van der Waals surface area contributed by atoms with Crippen molar-refractivity contribution in [3.05, 3.63) is 0 Å². The van der Waals surface area contributed by atoms with Crippen molar-refractivity contribution in [2.24, 2.45) is 5.92 Å². The van der Waals surface area contributed by atoms with Crippen LogP contribution in [0, 0.1) is 5.92 Å². The molecule has 0 aromatic heterocycles. The first-order valence-corrected chi connectivity index (χ1v) is 4.55. The van der Waals surface area contributed by atoms with E-state index in [0.29, 0.717) is 18.6 Å². The number of aliphatic hydroxyl groups is 1. The van der Waals surface area contributed by atoms with Gasteiger partial charge < -0.3 is 10.4 Å². The van der Waals surface area contributed by atoms with Crippen LogP contribution in [0.25, 0.3) is 0 Å². The van der Waals surface area contributed by atoms with Crippen LogP contribution in [-0.4, -0.2) is 24.3 Å². The summed E-state index contributed by atoms with van der Waals surface area (Å²) in [6, 6.07) is 0.608. The topological polar surface area (TPSA) is 32.3 Å². The lowest BCUT2D eigenvalue weighted by molar-refractivity contribution is 0.258. The van der Waals surface area contributed by atoms with E-state index >= 15 is 0 Å². The first-order valence-electron chi connectivity index (χ1n) is 4.55. The summed E-state index contributed by atoms with van der Waals surface area (Å²) in [6.45, 7) is 7.85. The minimum Gasteiger partial charge on any atom is -0.396 e. The molecular formula is C9H21NO. The summed E-state index contributed by atoms with van der Waals surface area (Å²) in [4.78, 5) is 0. The van der Waals surface area contributed by atoms with E-state index in [1.54, 1.807) is 0 Å². The maximum atomic E-state index is 8.63. The molecule has 0 heterocycles. The fourth-order valence-electron chi connectivity index (χ4n) is 0.869. The Morgan fingerprint density at radius 2 is 2.00 bits per heavy atom. The Morgan fingerprint density at radius 1 is 1.36 bits per heavy atom. The predicted molar refractivity (Wildman–Crippen MR) is 48.6 cm³/mol. The first-order chi connectivity index (χ1) is 5.20. The zero-order valence-corrected chi connectivity index (χ0v) is 7.93. The van der Waals surface area contributed by atoms with Gasteiger partial charge in [-0.2, -0.15) is 0 Å². The highest BCUT2D eigenvalue weighted by Crippen LogP contribution is 1.99. The van der Waals surface area contributed by atoms with Crippen LogP contribution in [0.2, 0.25) is 0 Å². The van der Waals surface area contributed by atoms with Gasteiger partial charge in [-0.1, -0.05) is 13.8 Å². The van der Waals surface area contributed by atoms with Crippen molar-refractivity contribution in [2.45, 2.75) is 39.7 Å². The molecule has 11 heavy (non-hydrogen) atoms. The van der Waals surface area contributed by atoms with Crippen molar-refractivity contribution < 1.29 is 5.11 Å². The van der Waals surface area contributed by atoms with Crippen LogP contribution in [0.4, 0.5) is 0 Å². The average Bonchev–Trinajstić information content (AvgIpc) is 2.01. The number of hydrogen-bond donors (Lipinski definition) is 2. The second kappa shape index (κ2) is 6.62. The van der Waals surface area contributed by atoms with E-state index in [1.165, 1.54) is 6.42 Å². The molecule has 0 aliphatic carbocycles. The Kier molecular flexibility index (Phi) is 6.57. The molecule has 0 saturated carbocycles. The van der Waals surface area contributed by atoms with Gasteiger partial charge in [0.1, 0.15) is 0 Å². The molecular weight excluding hydrogens is 138 g/mol. The molecule has 0 aliphatic rings. The normalized spacial score (nSPS) is 16.4. The molecule has 0 bridgehead atoms. The third-order valence-electron chi connectivity index (χ3n) is 2.05. The summed E-state index contributed by atoms with van der Waals surface area (Å²) < 4.78 is 0. The van der Waals surface area contributed by atoms with Crippen LogP contribution < -0.4 is 5.32 Å². The SMILES string of the molecule is CCC(C)NCC(C)CCO. The molecule has 0 spiro atoms. The van der Waals surface area contributed by atoms with Gasteiger partial charge in [0.15, 0.2) is 0 Å². The molecule has 0 saturated heterocycles. The number of hydrogen-bond acceptors (Lipinski definition) is 2. The monoisotopic (exact) mass is 159 g/mol. The van der Waals surface area contributed by atoms with Crippen LogP contribution >= 0.6 is 0 Å². The van der Waals surface area contributed by atoms with E-state index < -0.39 is 0 Å². The zero-order valence-electron chi connectivity index (χ0n) is 7.93. The summed E-state index contributed by atoms with van der Waals surface area (Å²) in [5.74, 6) is 0.592. The minimum atomic E-state index is 0.309. The van der Waals surface area contributed by atoms with Gasteiger partial charge in [0.25, 0.3) is 0 Å². The fraction of sp³-hybridized carbons (Fsp3) is 1.00. The average molecular weight is 159 g/mol. The second-order valence-electron chi connectivity index (χ2n) is 3.33. The van der Waals surface area contributed by atoms with E-state index in [2.05, 4.69) is 26.1 Å². The van der Waals surface area contributed by atoms with Crippen molar-refractivity contribution >= 4 is 0 Å². The van der Waals surface area contributed by atoms with E-state index in [9.17, 15) is 0 Å². The highest BCUT2D eigenvalue weighted by molar-refractivity contribution is 4.61. The zero-order chi connectivity index (χ0) is 8.69. The van der Waals surface area contributed by atoms with Crippen molar-refractivity contribution in [3.63, 3.8) is 0 Å². The lowest BCUT2D eigenvalue weighted by atomic mass is 10.1. The molecule has 2 atom stereocenters. The second-order valence-corrected chi connectivity index (χ2v) is 3.33. The van der Waals surface area contributed by atoms with Crippen LogP contribution in [0.1, 0.15) is 33.6 Å². The van der Waals surface area contributed by atoms with E-state index in [4.69, 9.17) is 5.11 Å². The Morgan fingerprint density at radius 3 is 2.45 bits per heavy atom. The third-order valence-corrected chi connectivity index (χ3v) is 2.05. The molecule has 68 valence electrons. The van der Waals surface area contributed by atoms with Crippen LogP contribution in [0.15, 0.2) is 0 Å². The highest BCUT2D eigenvalue weighted by atomic mass is 16.3. The Labute approximate surface area is 70.0 Å². The van der Waals surface area contributed by atoms with Gasteiger partial charge in [0.05, 0.1) is 0 Å². The van der Waals surface area contributed by atoms with Crippen LogP contribution in [0.5, 0.6) is 0 Å². The van der Waals surface area contributed by atoms with Gasteiger partial charge in [0.2, 0.25) is 0 Å². The maximum Gasteiger partial charge on any atom is 0.0434 e. The molecule has 2 N–H and O–H groups in total. The van der Waals surface area contributed by atoms with Gasteiger partial charge in [0, 0.05) is 12.6 Å². The summed E-state index contributed by atoms with van der Waals surface area (Å²) in [5.41, 5.74) is 0. The third kappa shape index (κ3) is 6.32. The summed E-state index contributed by atoms with van der Waals surface area (Å²) in [5, 5.41) is 12.0. The number of rotatable bonds is 6. The van der Waals surface area contributed by atoms with Crippen molar-refractivity contribution in [1.29, 1.82) is 0 Å². The van der Waals surface area contributed by atoms with E-state index in [1.807, 2.05) is 0 Å². The standard InChI is InChI=1S/C9H21NO/c1-4-9(3)10-7-8(2)5-6-11/h8-11H,4-7H2,1-3H3. The quantitative estimate of drug-likeness (QED) is 0.614. The van der Waals surface area contributed by atoms with E-state index in [-0.39, 0.29) is 0 Å². The lowest BCUT2D eigenvalue weighted by Crippen LogP contribution is -2.29. The molecule has 0 aromatic rings. The van der Waals surface area contributed by atoms with Gasteiger partial charge in [-0.15, -0.1) is 0 Å². The largest absolute Gasteiger partial charge is 0.396 e. The molecule has 0 amide bonds. The molecule has 0 radical (unpaired) electrons. The van der Waals surface area contributed by atoms with Gasteiger partial charge >= 0.3 is 0 Å². The Hall–Kier alpha value is -0.0800. The van der Waals surface area contributed by atoms with Gasteiger partial charge in [-0.25, -0.2) is 0 Å². The van der Waals surface area contributed by atoms with Gasteiger partial charge in [-0.3, -0.25) is 0 Å². The molecule has 0 aliphatic heterocycles. The lowest BCUT2D eigenvalue weighted by Gasteiger charge is -2.15. The fourth-order valence-corrected chi connectivity index (χ4v) is 0.869. The molecule has 2 unspecified atom stereocenters. The molecule has 2 heteroatoms. The Balaban J connectivity index is 3.22. The summed E-state index contributed by atoms with van der Waals surface area (Å²) in [7, 11) is 0. The molecule has 0 aromatic carbocycles. The highest BCUT2D eigenvalue weighted by Gasteiger charge is 2.02. The summed E-state index contributed by atoms with van der Waals surface area (Å²) >= 11 is 0.